The zero-order chi connectivity index (χ0) is 21.4. The Morgan fingerprint density at radius 3 is 2.41 bits per heavy atom. The van der Waals surface area contributed by atoms with E-state index in [1.165, 1.54) is 13.0 Å². The minimum absolute atomic E-state index is 0.112. The van der Waals surface area contributed by atoms with Gasteiger partial charge >= 0.3 is 5.97 Å². The molecule has 2 rings (SSSR count). The van der Waals surface area contributed by atoms with Crippen LogP contribution in [0, 0.1) is 24.5 Å². The van der Waals surface area contributed by atoms with Crippen LogP contribution in [-0.4, -0.2) is 30.9 Å². The highest BCUT2D eigenvalue weighted by Crippen LogP contribution is 2.27. The molecule has 0 aliphatic heterocycles. The van der Waals surface area contributed by atoms with E-state index in [2.05, 4.69) is 5.32 Å². The summed E-state index contributed by atoms with van der Waals surface area (Å²) in [5.74, 6) is -0.938. The van der Waals surface area contributed by atoms with Gasteiger partial charge in [-0.15, -0.1) is 0 Å². The van der Waals surface area contributed by atoms with Crippen molar-refractivity contribution in [2.24, 2.45) is 0 Å². The molecule has 0 aliphatic carbocycles. The Morgan fingerprint density at radius 1 is 1.10 bits per heavy atom. The molecule has 2 aromatic rings. The average molecular weight is 412 g/mol. The van der Waals surface area contributed by atoms with E-state index in [0.29, 0.717) is 17.0 Å². The number of carbonyl (C=O) groups excluding carboxylic acids is 3. The number of thioether (sulfide) groups is 1. The summed E-state index contributed by atoms with van der Waals surface area (Å²) in [7, 11) is 0. The van der Waals surface area contributed by atoms with Gasteiger partial charge in [-0.05, 0) is 67.9 Å². The fraction of sp³-hybridized carbons (Fsp3) is 0.238. The Morgan fingerprint density at radius 2 is 1.79 bits per heavy atom. The Kier molecular flexibility index (Phi) is 7.80. The summed E-state index contributed by atoms with van der Waals surface area (Å²) in [5.41, 5.74) is 2.69. The molecule has 2 aromatic carbocycles. The maximum absolute atomic E-state index is 12.1. The van der Waals surface area contributed by atoms with Gasteiger partial charge in [-0.3, -0.25) is 9.59 Å². The second-order valence-electron chi connectivity index (χ2n) is 6.21. The summed E-state index contributed by atoms with van der Waals surface area (Å²) in [4.78, 5) is 36.1. The number of ketones is 1. The number of rotatable bonds is 8. The number of anilines is 1. The van der Waals surface area contributed by atoms with Gasteiger partial charge < -0.3 is 14.8 Å². The van der Waals surface area contributed by atoms with Crippen LogP contribution in [-0.2, 0) is 14.3 Å². The highest BCUT2D eigenvalue weighted by molar-refractivity contribution is 8.03. The van der Waals surface area contributed by atoms with Crippen molar-refractivity contribution in [2.45, 2.75) is 25.7 Å². The first-order chi connectivity index (χ1) is 13.8. The normalized spacial score (nSPS) is 10.0. The van der Waals surface area contributed by atoms with Gasteiger partial charge in [0.25, 0.3) is 5.91 Å². The minimum Gasteiger partial charge on any atom is -0.482 e. The molecule has 0 saturated heterocycles. The standard InChI is InChI=1S/C21H20N2O5S/c1-13-7-18(29-12-22)8-14(2)21(13)23-19(25)10-28-20(26)11-27-17-6-4-5-16(9-17)15(3)24/h4-9H,10-11H2,1-3H3,(H,23,25). The van der Waals surface area contributed by atoms with Crippen LogP contribution in [0.25, 0.3) is 0 Å². The number of amides is 1. The number of benzene rings is 2. The van der Waals surface area contributed by atoms with E-state index in [1.807, 2.05) is 19.2 Å². The van der Waals surface area contributed by atoms with Gasteiger partial charge in [-0.25, -0.2) is 4.79 Å². The summed E-state index contributed by atoms with van der Waals surface area (Å²) >= 11 is 1.04. The van der Waals surface area contributed by atoms with Gasteiger partial charge in [0.2, 0.25) is 0 Å². The van der Waals surface area contributed by atoms with Gasteiger partial charge in [-0.2, -0.15) is 5.26 Å². The van der Waals surface area contributed by atoms with E-state index < -0.39 is 18.5 Å². The first-order valence-corrected chi connectivity index (χ1v) is 9.48. The van der Waals surface area contributed by atoms with Crippen molar-refractivity contribution in [1.29, 1.82) is 5.26 Å². The predicted octanol–water partition coefficient (Wildman–Crippen LogP) is 3.64. The van der Waals surface area contributed by atoms with Crippen molar-refractivity contribution in [3.8, 4) is 11.2 Å². The van der Waals surface area contributed by atoms with Crippen molar-refractivity contribution in [3.63, 3.8) is 0 Å². The summed E-state index contributed by atoms with van der Waals surface area (Å²) < 4.78 is 10.2. The lowest BCUT2D eigenvalue weighted by molar-refractivity contribution is -0.149. The highest BCUT2D eigenvalue weighted by Gasteiger charge is 2.12. The molecule has 8 heteroatoms. The van der Waals surface area contributed by atoms with Crippen molar-refractivity contribution >= 4 is 35.1 Å². The van der Waals surface area contributed by atoms with Crippen LogP contribution in [0.3, 0.4) is 0 Å². The van der Waals surface area contributed by atoms with E-state index in [9.17, 15) is 14.4 Å². The average Bonchev–Trinajstić information content (AvgIpc) is 2.68. The topological polar surface area (TPSA) is 105 Å². The number of thiocyanates is 1. The van der Waals surface area contributed by atoms with Crippen molar-refractivity contribution in [3.05, 3.63) is 53.1 Å². The zero-order valence-electron chi connectivity index (χ0n) is 16.3. The monoisotopic (exact) mass is 412 g/mol. The summed E-state index contributed by atoms with van der Waals surface area (Å²) in [6, 6.07) is 10.0. The minimum atomic E-state index is -0.706. The van der Waals surface area contributed by atoms with Crippen LogP contribution in [0.1, 0.15) is 28.4 Å². The molecule has 0 unspecified atom stereocenters. The molecule has 7 nitrogen and oxygen atoms in total. The number of hydrogen-bond donors (Lipinski definition) is 1. The summed E-state index contributed by atoms with van der Waals surface area (Å²) in [6.45, 7) is 4.24. The number of ether oxygens (including phenoxy) is 2. The SMILES string of the molecule is CC(=O)c1cccc(OCC(=O)OCC(=O)Nc2c(C)cc(SC#N)cc2C)c1. The van der Waals surface area contributed by atoms with E-state index in [-0.39, 0.29) is 12.4 Å². The lowest BCUT2D eigenvalue weighted by atomic mass is 10.1. The highest BCUT2D eigenvalue weighted by atomic mass is 32.2. The molecule has 0 aromatic heterocycles. The smallest absolute Gasteiger partial charge is 0.344 e. The van der Waals surface area contributed by atoms with Gasteiger partial charge in [0.15, 0.2) is 19.0 Å². The van der Waals surface area contributed by atoms with Crippen LogP contribution >= 0.6 is 11.8 Å². The predicted molar refractivity (Wildman–Crippen MR) is 109 cm³/mol. The van der Waals surface area contributed by atoms with Crippen molar-refractivity contribution in [1.82, 2.24) is 0 Å². The fourth-order valence-electron chi connectivity index (χ4n) is 2.54. The Labute approximate surface area is 173 Å². The lowest BCUT2D eigenvalue weighted by Gasteiger charge is -2.13. The van der Waals surface area contributed by atoms with Gasteiger partial charge in [0.1, 0.15) is 11.2 Å². The molecular weight excluding hydrogens is 392 g/mol. The van der Waals surface area contributed by atoms with E-state index in [4.69, 9.17) is 14.7 Å². The van der Waals surface area contributed by atoms with Gasteiger partial charge in [-0.1, -0.05) is 12.1 Å². The first-order valence-electron chi connectivity index (χ1n) is 8.66. The first kappa shape index (κ1) is 22.0. The molecule has 0 spiro atoms. The van der Waals surface area contributed by atoms with Crippen molar-refractivity contribution in [2.75, 3.05) is 18.5 Å². The number of nitrogens with one attached hydrogen (secondary N) is 1. The van der Waals surface area contributed by atoms with E-state index in [0.717, 1.165) is 27.8 Å². The molecule has 1 amide bonds. The molecule has 1 N–H and O–H groups in total. The molecule has 0 fully saturated rings. The van der Waals surface area contributed by atoms with Gasteiger partial charge in [0, 0.05) is 16.1 Å². The zero-order valence-corrected chi connectivity index (χ0v) is 17.1. The number of aryl methyl sites for hydroxylation is 2. The van der Waals surface area contributed by atoms with Crippen LogP contribution in [0.2, 0.25) is 0 Å². The van der Waals surface area contributed by atoms with E-state index >= 15 is 0 Å². The number of carbonyl (C=O) groups is 3. The molecule has 0 bridgehead atoms. The molecular formula is C21H20N2O5S. The molecule has 0 aliphatic rings. The maximum Gasteiger partial charge on any atom is 0.344 e. The number of Topliss-reactive ketones (excluding diaryl/α,β-unsaturated/α-hetero) is 1. The fourth-order valence-corrected chi connectivity index (χ4v) is 3.12. The lowest BCUT2D eigenvalue weighted by Crippen LogP contribution is -2.24. The summed E-state index contributed by atoms with van der Waals surface area (Å²) in [6.07, 6.45) is 0. The Hall–Kier alpha value is -3.31. The molecule has 0 atom stereocenters. The maximum atomic E-state index is 12.1. The number of hydrogen-bond acceptors (Lipinski definition) is 7. The quantitative estimate of drug-likeness (QED) is 0.305. The Bertz CT molecular complexity index is 958. The molecule has 29 heavy (non-hydrogen) atoms. The molecule has 150 valence electrons. The molecule has 0 heterocycles. The molecule has 0 radical (unpaired) electrons. The number of nitriles is 1. The summed E-state index contributed by atoms with van der Waals surface area (Å²) in [5, 5.41) is 13.5. The van der Waals surface area contributed by atoms with Crippen LogP contribution in [0.4, 0.5) is 5.69 Å². The van der Waals surface area contributed by atoms with Gasteiger partial charge in [0.05, 0.1) is 0 Å². The van der Waals surface area contributed by atoms with Crippen LogP contribution < -0.4 is 10.1 Å². The number of esters is 1. The van der Waals surface area contributed by atoms with Crippen molar-refractivity contribution < 1.29 is 23.9 Å². The second kappa shape index (κ2) is 10.3. The largest absolute Gasteiger partial charge is 0.482 e. The second-order valence-corrected chi connectivity index (χ2v) is 7.07. The third-order valence-corrected chi connectivity index (χ3v) is 4.46. The third-order valence-electron chi connectivity index (χ3n) is 3.90. The van der Waals surface area contributed by atoms with E-state index in [1.54, 1.807) is 30.3 Å². The number of nitrogens with zero attached hydrogens (tertiary/aromatic N) is 1. The van der Waals surface area contributed by atoms with Crippen LogP contribution in [0.15, 0.2) is 41.3 Å². The third kappa shape index (κ3) is 6.66. The molecule has 0 saturated carbocycles. The van der Waals surface area contributed by atoms with Crippen LogP contribution in [0.5, 0.6) is 5.75 Å². The Balaban J connectivity index is 1.85.